The molecule has 2 heterocycles. The molecule has 3 rings (SSSR count). The summed E-state index contributed by atoms with van der Waals surface area (Å²) in [5, 5.41) is 2.89. The molecule has 0 unspecified atom stereocenters. The van der Waals surface area contributed by atoms with Crippen molar-refractivity contribution < 1.29 is 4.79 Å². The molecule has 1 N–H and O–H groups in total. The summed E-state index contributed by atoms with van der Waals surface area (Å²) >= 11 is 0. The molecule has 1 fully saturated rings. The Hall–Kier alpha value is -2.19. The van der Waals surface area contributed by atoms with Crippen LogP contribution in [0.2, 0.25) is 0 Å². The van der Waals surface area contributed by atoms with Crippen molar-refractivity contribution in [3.63, 3.8) is 0 Å². The van der Waals surface area contributed by atoms with Crippen LogP contribution in [0.15, 0.2) is 35.3 Å². The molecule has 0 aliphatic carbocycles. The van der Waals surface area contributed by atoms with Crippen molar-refractivity contribution in [2.45, 2.75) is 38.0 Å². The lowest BCUT2D eigenvalue weighted by atomic mass is 9.99. The minimum absolute atomic E-state index is 0.0850. The van der Waals surface area contributed by atoms with Crippen molar-refractivity contribution in [1.29, 1.82) is 0 Å². The van der Waals surface area contributed by atoms with Crippen LogP contribution in [-0.2, 0) is 4.79 Å². The first-order chi connectivity index (χ1) is 10.1. The Morgan fingerprint density at radius 1 is 1.43 bits per heavy atom. The molecule has 0 saturated carbocycles. The van der Waals surface area contributed by atoms with E-state index in [1.807, 2.05) is 44.2 Å². The van der Waals surface area contributed by atoms with Crippen molar-refractivity contribution in [3.8, 4) is 0 Å². The number of nitrogens with one attached hydrogen (secondary N) is 1. The van der Waals surface area contributed by atoms with E-state index in [0.29, 0.717) is 18.8 Å². The highest BCUT2D eigenvalue weighted by Gasteiger charge is 2.56. The van der Waals surface area contributed by atoms with Crippen molar-refractivity contribution in [3.05, 3.63) is 47.3 Å². The fourth-order valence-corrected chi connectivity index (χ4v) is 3.03. The number of amides is 1. The Balaban J connectivity index is 1.94. The lowest BCUT2D eigenvalue weighted by Gasteiger charge is -2.21. The lowest BCUT2D eigenvalue weighted by molar-refractivity contribution is -0.123. The van der Waals surface area contributed by atoms with Gasteiger partial charge in [0.1, 0.15) is 5.84 Å². The highest BCUT2D eigenvalue weighted by molar-refractivity contribution is 6.15. The Kier molecular flexibility index (Phi) is 3.26. The van der Waals surface area contributed by atoms with Crippen LogP contribution in [0.4, 0.5) is 0 Å². The second kappa shape index (κ2) is 4.97. The van der Waals surface area contributed by atoms with Gasteiger partial charge < -0.3 is 5.32 Å². The topological polar surface area (TPSA) is 49.1 Å². The summed E-state index contributed by atoms with van der Waals surface area (Å²) in [4.78, 5) is 22.9. The van der Waals surface area contributed by atoms with Gasteiger partial charge in [0.2, 0.25) is 0 Å². The number of carbonyl (C=O) groups is 1. The average Bonchev–Trinajstić information content (AvgIpc) is 3.02. The summed E-state index contributed by atoms with van der Waals surface area (Å²) in [5.41, 5.74) is 0.107. The number of hydrogen-bond donors (Lipinski definition) is 1. The third kappa shape index (κ3) is 2.22. The highest BCUT2D eigenvalue weighted by Crippen LogP contribution is 2.35. The Bertz CT molecular complexity index is 631. The SMILES string of the molecule is [C-]#[N+][C@@H]1C[C@]2(CN1C(C)C)N=C(c1ccccc1)NC2=O. The van der Waals surface area contributed by atoms with Crippen LogP contribution in [0.5, 0.6) is 0 Å². The summed E-state index contributed by atoms with van der Waals surface area (Å²) in [6.07, 6.45) is 0.200. The molecule has 1 amide bonds. The molecule has 1 spiro atoms. The van der Waals surface area contributed by atoms with Gasteiger partial charge in [0, 0.05) is 18.2 Å². The van der Waals surface area contributed by atoms with Crippen LogP contribution in [0.3, 0.4) is 0 Å². The molecule has 1 saturated heterocycles. The van der Waals surface area contributed by atoms with E-state index in [9.17, 15) is 4.79 Å². The second-order valence-electron chi connectivity index (χ2n) is 5.89. The van der Waals surface area contributed by atoms with Crippen LogP contribution in [0, 0.1) is 6.57 Å². The highest BCUT2D eigenvalue weighted by atomic mass is 16.2. The first-order valence-corrected chi connectivity index (χ1v) is 7.15. The van der Waals surface area contributed by atoms with E-state index in [-0.39, 0.29) is 18.1 Å². The third-order valence-corrected chi connectivity index (χ3v) is 4.19. The third-order valence-electron chi connectivity index (χ3n) is 4.19. The number of hydrogen-bond acceptors (Lipinski definition) is 3. The van der Waals surface area contributed by atoms with Crippen molar-refractivity contribution in [2.24, 2.45) is 4.99 Å². The van der Waals surface area contributed by atoms with E-state index < -0.39 is 5.54 Å². The summed E-state index contributed by atoms with van der Waals surface area (Å²) in [6, 6.07) is 9.87. The number of aliphatic imine (C=N–C) groups is 1. The van der Waals surface area contributed by atoms with Crippen LogP contribution in [0.25, 0.3) is 4.85 Å². The van der Waals surface area contributed by atoms with Gasteiger partial charge in [-0.25, -0.2) is 16.5 Å². The number of rotatable bonds is 2. The summed E-state index contributed by atoms with van der Waals surface area (Å²) in [7, 11) is 0. The first-order valence-electron chi connectivity index (χ1n) is 7.15. The zero-order valence-corrected chi connectivity index (χ0v) is 12.2. The standard InChI is InChI=1S/C16H18N4O/c1-11(2)20-10-16(9-13(20)17-3)15(21)18-14(19-16)12-7-5-4-6-8-12/h4-8,11,13H,9-10H2,1-2H3,(H,18,19,21)/t13-,16+/m0/s1. The molecule has 0 aromatic heterocycles. The number of amidine groups is 1. The number of carbonyl (C=O) groups excluding carboxylic acids is 1. The molecule has 1 aromatic rings. The molecule has 5 heteroatoms. The quantitative estimate of drug-likeness (QED) is 0.839. The maximum absolute atomic E-state index is 12.5. The van der Waals surface area contributed by atoms with E-state index >= 15 is 0 Å². The normalized spacial score (nSPS) is 28.8. The largest absolute Gasteiger partial charge is 0.308 e. The van der Waals surface area contributed by atoms with Crippen LogP contribution >= 0.6 is 0 Å². The molecule has 0 bridgehead atoms. The minimum atomic E-state index is -0.801. The fraction of sp³-hybridized carbons (Fsp3) is 0.438. The molecule has 1 aromatic carbocycles. The van der Waals surface area contributed by atoms with Crippen LogP contribution in [-0.4, -0.2) is 40.9 Å². The van der Waals surface area contributed by atoms with Gasteiger partial charge in [0.25, 0.3) is 12.1 Å². The maximum Gasteiger partial charge on any atom is 0.282 e. The number of likely N-dealkylation sites (tertiary alicyclic amines) is 1. The molecule has 108 valence electrons. The molecule has 21 heavy (non-hydrogen) atoms. The Morgan fingerprint density at radius 3 is 2.71 bits per heavy atom. The predicted molar refractivity (Wildman–Crippen MR) is 80.7 cm³/mol. The van der Waals surface area contributed by atoms with Crippen molar-refractivity contribution in [2.75, 3.05) is 6.54 Å². The molecule has 0 radical (unpaired) electrons. The van der Waals surface area contributed by atoms with Gasteiger partial charge in [0.05, 0.1) is 6.42 Å². The zero-order chi connectivity index (χ0) is 15.0. The maximum atomic E-state index is 12.5. The van der Waals surface area contributed by atoms with E-state index in [1.54, 1.807) is 0 Å². The number of benzene rings is 1. The summed E-state index contributed by atoms with van der Waals surface area (Å²) in [6.45, 7) is 12.0. The van der Waals surface area contributed by atoms with Gasteiger partial charge in [0.15, 0.2) is 5.54 Å². The molecule has 2 aliphatic heterocycles. The molecular weight excluding hydrogens is 264 g/mol. The van der Waals surface area contributed by atoms with Gasteiger partial charge in [-0.2, -0.15) is 0 Å². The lowest BCUT2D eigenvalue weighted by Crippen LogP contribution is -2.43. The van der Waals surface area contributed by atoms with Crippen LogP contribution < -0.4 is 5.32 Å². The monoisotopic (exact) mass is 282 g/mol. The van der Waals surface area contributed by atoms with E-state index in [0.717, 1.165) is 5.56 Å². The van der Waals surface area contributed by atoms with E-state index in [2.05, 4.69) is 20.1 Å². The summed E-state index contributed by atoms with van der Waals surface area (Å²) < 4.78 is 0. The fourth-order valence-electron chi connectivity index (χ4n) is 3.03. The van der Waals surface area contributed by atoms with Crippen molar-refractivity contribution in [1.82, 2.24) is 10.2 Å². The Labute approximate surface area is 124 Å². The molecule has 2 aliphatic rings. The summed E-state index contributed by atoms with van der Waals surface area (Å²) in [5.74, 6) is 0.535. The van der Waals surface area contributed by atoms with E-state index in [1.165, 1.54) is 0 Å². The zero-order valence-electron chi connectivity index (χ0n) is 12.2. The second-order valence-corrected chi connectivity index (χ2v) is 5.89. The first kappa shape index (κ1) is 13.8. The van der Waals surface area contributed by atoms with E-state index in [4.69, 9.17) is 6.57 Å². The molecule has 5 nitrogen and oxygen atoms in total. The predicted octanol–water partition coefficient (Wildman–Crippen LogP) is 1.66. The van der Waals surface area contributed by atoms with Crippen LogP contribution in [0.1, 0.15) is 25.8 Å². The van der Waals surface area contributed by atoms with Gasteiger partial charge >= 0.3 is 0 Å². The molecule has 2 atom stereocenters. The van der Waals surface area contributed by atoms with Gasteiger partial charge in [-0.3, -0.25) is 9.64 Å². The smallest absolute Gasteiger partial charge is 0.282 e. The Morgan fingerprint density at radius 2 is 2.14 bits per heavy atom. The average molecular weight is 282 g/mol. The van der Waals surface area contributed by atoms with Gasteiger partial charge in [-0.05, 0) is 13.8 Å². The van der Waals surface area contributed by atoms with Crippen molar-refractivity contribution >= 4 is 11.7 Å². The number of nitrogens with zero attached hydrogens (tertiary/aromatic N) is 3. The molecular formula is C16H18N4O. The van der Waals surface area contributed by atoms with Gasteiger partial charge in [-0.15, -0.1) is 0 Å². The van der Waals surface area contributed by atoms with Gasteiger partial charge in [-0.1, -0.05) is 30.3 Å². The minimum Gasteiger partial charge on any atom is -0.308 e.